The molecule has 2 aromatic heterocycles. The molecule has 0 aliphatic heterocycles. The third-order valence-corrected chi connectivity index (χ3v) is 2.90. The van der Waals surface area contributed by atoms with Gasteiger partial charge >= 0.3 is 0 Å². The number of fused-ring (bicyclic) bond motifs is 3. The Bertz CT molecular complexity index is 752. The summed E-state index contributed by atoms with van der Waals surface area (Å²) in [6.45, 7) is 0. The van der Waals surface area contributed by atoms with Crippen molar-refractivity contribution in [3.8, 4) is 6.07 Å². The predicted molar refractivity (Wildman–Crippen MR) is 67.8 cm³/mol. The molecule has 4 heteroatoms. The van der Waals surface area contributed by atoms with Gasteiger partial charge in [0.05, 0.1) is 19.6 Å². The standard InChI is InChI=1S/C13H8BN3/c14-5-8-1-2-12-10(3-8)11-4-9(6-15)16-7-13(11)17-12/h1-4,7,17H,5H2. The van der Waals surface area contributed by atoms with Crippen LogP contribution in [-0.2, 0) is 6.32 Å². The summed E-state index contributed by atoms with van der Waals surface area (Å²) in [4.78, 5) is 7.31. The van der Waals surface area contributed by atoms with Crippen molar-refractivity contribution >= 4 is 29.7 Å². The van der Waals surface area contributed by atoms with Crippen molar-refractivity contribution < 1.29 is 0 Å². The van der Waals surface area contributed by atoms with Gasteiger partial charge in [0, 0.05) is 16.3 Å². The minimum absolute atomic E-state index is 0.427. The van der Waals surface area contributed by atoms with Crippen molar-refractivity contribution in [2.45, 2.75) is 6.32 Å². The molecule has 1 aromatic carbocycles. The Kier molecular flexibility index (Phi) is 2.12. The molecule has 17 heavy (non-hydrogen) atoms. The molecular formula is C13H8BN3. The lowest BCUT2D eigenvalue weighted by Gasteiger charge is -1.96. The minimum Gasteiger partial charge on any atom is -0.353 e. The monoisotopic (exact) mass is 217 g/mol. The van der Waals surface area contributed by atoms with E-state index in [-0.39, 0.29) is 0 Å². The highest BCUT2D eigenvalue weighted by Gasteiger charge is 2.06. The highest BCUT2D eigenvalue weighted by Crippen LogP contribution is 2.26. The number of hydrogen-bond acceptors (Lipinski definition) is 2. The normalized spacial score (nSPS) is 10.8. The van der Waals surface area contributed by atoms with E-state index in [4.69, 9.17) is 13.1 Å². The number of rotatable bonds is 1. The Labute approximate surface area is 99.5 Å². The van der Waals surface area contributed by atoms with Crippen LogP contribution in [0.2, 0.25) is 0 Å². The molecule has 0 atom stereocenters. The molecular weight excluding hydrogens is 209 g/mol. The van der Waals surface area contributed by atoms with Crippen LogP contribution in [0.15, 0.2) is 30.5 Å². The first-order chi connectivity index (χ1) is 8.31. The van der Waals surface area contributed by atoms with Crippen LogP contribution in [-0.4, -0.2) is 17.8 Å². The molecule has 0 fully saturated rings. The molecule has 1 N–H and O–H groups in total. The van der Waals surface area contributed by atoms with Crippen LogP contribution in [0.3, 0.4) is 0 Å². The lowest BCUT2D eigenvalue weighted by molar-refractivity contribution is 1.28. The van der Waals surface area contributed by atoms with Crippen molar-refractivity contribution in [3.63, 3.8) is 0 Å². The Morgan fingerprint density at radius 3 is 2.82 bits per heavy atom. The van der Waals surface area contributed by atoms with Gasteiger partial charge < -0.3 is 4.98 Å². The third-order valence-electron chi connectivity index (χ3n) is 2.90. The Balaban J connectivity index is 2.42. The second-order valence-electron chi connectivity index (χ2n) is 3.94. The maximum atomic E-state index is 8.86. The van der Waals surface area contributed by atoms with Crippen LogP contribution in [0.4, 0.5) is 0 Å². The second kappa shape index (κ2) is 3.64. The fraction of sp³-hybridized carbons (Fsp3) is 0.0769. The molecule has 0 saturated heterocycles. The van der Waals surface area contributed by atoms with E-state index in [0.29, 0.717) is 12.0 Å². The molecule has 78 valence electrons. The fourth-order valence-corrected chi connectivity index (χ4v) is 2.03. The van der Waals surface area contributed by atoms with E-state index in [1.807, 2.05) is 12.1 Å². The van der Waals surface area contributed by atoms with Crippen LogP contribution in [0.25, 0.3) is 21.8 Å². The van der Waals surface area contributed by atoms with Crippen LogP contribution < -0.4 is 0 Å². The van der Waals surface area contributed by atoms with Gasteiger partial charge in [-0.3, -0.25) is 0 Å². The van der Waals surface area contributed by atoms with Gasteiger partial charge in [0.1, 0.15) is 11.8 Å². The van der Waals surface area contributed by atoms with Crippen LogP contribution in [0.5, 0.6) is 0 Å². The Morgan fingerprint density at radius 1 is 1.24 bits per heavy atom. The number of H-pyrrole nitrogens is 1. The molecule has 0 aliphatic carbocycles. The van der Waals surface area contributed by atoms with E-state index in [2.05, 4.69) is 22.1 Å². The zero-order valence-corrected chi connectivity index (χ0v) is 9.07. The predicted octanol–water partition coefficient (Wildman–Crippen LogP) is 2.26. The molecule has 0 bridgehead atoms. The summed E-state index contributed by atoms with van der Waals surface area (Å²) in [6, 6.07) is 9.90. The Morgan fingerprint density at radius 2 is 2.06 bits per heavy atom. The molecule has 3 rings (SSSR count). The molecule has 0 aliphatic rings. The maximum absolute atomic E-state index is 8.86. The van der Waals surface area contributed by atoms with Crippen molar-refractivity contribution in [2.75, 3.05) is 0 Å². The van der Waals surface area contributed by atoms with Crippen LogP contribution >= 0.6 is 0 Å². The summed E-state index contributed by atoms with van der Waals surface area (Å²) in [6.07, 6.45) is 2.20. The molecule has 3 aromatic rings. The second-order valence-corrected chi connectivity index (χ2v) is 3.94. The van der Waals surface area contributed by atoms with Gasteiger partial charge in [-0.15, -0.1) is 0 Å². The van der Waals surface area contributed by atoms with Crippen LogP contribution in [0.1, 0.15) is 11.3 Å². The number of benzene rings is 1. The van der Waals surface area contributed by atoms with Gasteiger partial charge in [-0.05, 0) is 18.2 Å². The van der Waals surface area contributed by atoms with E-state index < -0.39 is 0 Å². The maximum Gasteiger partial charge on any atom is 0.141 e. The molecule has 2 heterocycles. The number of nitrogens with one attached hydrogen (secondary N) is 1. The topological polar surface area (TPSA) is 52.5 Å². The molecule has 0 amide bonds. The van der Waals surface area contributed by atoms with E-state index in [1.54, 1.807) is 12.3 Å². The summed E-state index contributed by atoms with van der Waals surface area (Å²) < 4.78 is 0. The zero-order chi connectivity index (χ0) is 11.8. The third kappa shape index (κ3) is 1.48. The smallest absolute Gasteiger partial charge is 0.141 e. The van der Waals surface area contributed by atoms with E-state index in [9.17, 15) is 0 Å². The number of aromatic amines is 1. The molecule has 0 saturated carbocycles. The van der Waals surface area contributed by atoms with Gasteiger partial charge in [0.25, 0.3) is 0 Å². The SMILES string of the molecule is [B]Cc1ccc2[nH]c3cnc(C#N)cc3c2c1. The fourth-order valence-electron chi connectivity index (χ4n) is 2.03. The first-order valence-electron chi connectivity index (χ1n) is 5.32. The largest absolute Gasteiger partial charge is 0.353 e. The average molecular weight is 217 g/mol. The number of nitriles is 1. The summed E-state index contributed by atoms with van der Waals surface area (Å²) in [5.41, 5.74) is 3.48. The van der Waals surface area contributed by atoms with Gasteiger partial charge in [0.2, 0.25) is 0 Å². The van der Waals surface area contributed by atoms with E-state index in [0.717, 1.165) is 27.4 Å². The quantitative estimate of drug-likeness (QED) is 0.635. The molecule has 3 nitrogen and oxygen atoms in total. The lowest BCUT2D eigenvalue weighted by Crippen LogP contribution is -1.82. The van der Waals surface area contributed by atoms with E-state index in [1.165, 1.54) is 0 Å². The zero-order valence-electron chi connectivity index (χ0n) is 9.07. The van der Waals surface area contributed by atoms with E-state index >= 15 is 0 Å². The van der Waals surface area contributed by atoms with Crippen LogP contribution in [0, 0.1) is 11.3 Å². The average Bonchev–Trinajstić information content (AvgIpc) is 2.75. The number of nitrogens with zero attached hydrogens (tertiary/aromatic N) is 2. The molecule has 0 unspecified atom stereocenters. The van der Waals surface area contributed by atoms with Crippen molar-refractivity contribution in [2.24, 2.45) is 0 Å². The van der Waals surface area contributed by atoms with Crippen molar-refractivity contribution in [1.29, 1.82) is 5.26 Å². The summed E-state index contributed by atoms with van der Waals surface area (Å²) in [5, 5.41) is 11.0. The number of pyridine rings is 1. The first-order valence-corrected chi connectivity index (χ1v) is 5.32. The highest BCUT2D eigenvalue weighted by molar-refractivity contribution is 6.10. The number of hydrogen-bond donors (Lipinski definition) is 1. The molecule has 2 radical (unpaired) electrons. The van der Waals surface area contributed by atoms with Crippen molar-refractivity contribution in [1.82, 2.24) is 9.97 Å². The van der Waals surface area contributed by atoms with Gasteiger partial charge in [-0.25, -0.2) is 4.98 Å². The van der Waals surface area contributed by atoms with Gasteiger partial charge in [-0.2, -0.15) is 5.26 Å². The highest BCUT2D eigenvalue weighted by atomic mass is 14.8. The minimum atomic E-state index is 0.427. The van der Waals surface area contributed by atoms with Gasteiger partial charge in [0.15, 0.2) is 0 Å². The van der Waals surface area contributed by atoms with Crippen molar-refractivity contribution in [3.05, 3.63) is 41.7 Å². The molecule has 0 spiro atoms. The first kappa shape index (κ1) is 9.92. The Hall–Kier alpha value is -2.28. The van der Waals surface area contributed by atoms with Gasteiger partial charge in [-0.1, -0.05) is 17.9 Å². The number of aromatic nitrogens is 2. The summed E-state index contributed by atoms with van der Waals surface area (Å²) >= 11 is 0. The lowest BCUT2D eigenvalue weighted by atomic mass is 9.96. The summed E-state index contributed by atoms with van der Waals surface area (Å²) in [7, 11) is 5.63. The summed E-state index contributed by atoms with van der Waals surface area (Å²) in [5.74, 6) is 0.